The van der Waals surface area contributed by atoms with Crippen molar-refractivity contribution < 1.29 is 0 Å². The van der Waals surface area contributed by atoms with Crippen LogP contribution in [0.4, 0.5) is 39.8 Å². The largest absolute Gasteiger partial charge is 0.335 e. The third kappa shape index (κ3) is 4.07. The van der Waals surface area contributed by atoms with Crippen molar-refractivity contribution in [2.45, 2.75) is 141 Å². The van der Waals surface area contributed by atoms with Crippen molar-refractivity contribution >= 4 is 62.9 Å². The summed E-state index contributed by atoms with van der Waals surface area (Å²) in [5.74, 6) is 0. The summed E-state index contributed by atoms with van der Waals surface area (Å²) >= 11 is 0. The maximum atomic E-state index is 2.95. The molecule has 4 heterocycles. The Hall–Kier alpha value is -4.44. The Morgan fingerprint density at radius 2 is 1.11 bits per heavy atom. The van der Waals surface area contributed by atoms with Crippen molar-refractivity contribution in [2.75, 3.05) is 14.7 Å². The average Bonchev–Trinajstić information content (AvgIpc) is 3.52. The van der Waals surface area contributed by atoms with Crippen LogP contribution in [0.1, 0.15) is 128 Å². The molecule has 2 fully saturated rings. The van der Waals surface area contributed by atoms with E-state index in [9.17, 15) is 0 Å². The number of nitrogens with zero attached hydrogens (tertiary/aromatic N) is 3. The van der Waals surface area contributed by atoms with Gasteiger partial charge in [0.1, 0.15) is 0 Å². The van der Waals surface area contributed by atoms with E-state index in [-0.39, 0.29) is 34.0 Å². The van der Waals surface area contributed by atoms with Crippen molar-refractivity contribution in [3.05, 3.63) is 119 Å². The summed E-state index contributed by atoms with van der Waals surface area (Å²) in [5.41, 5.74) is 22.0. The number of hydrogen-bond donors (Lipinski definition) is 0. The molecule has 4 unspecified atom stereocenters. The molecule has 0 N–H and O–H groups in total. The molecule has 3 nitrogen and oxygen atoms in total. The van der Waals surface area contributed by atoms with E-state index < -0.39 is 0 Å². The van der Waals surface area contributed by atoms with E-state index in [1.54, 1.807) is 22.1 Å². The third-order valence-electron chi connectivity index (χ3n) is 16.7. The second-order valence-electron chi connectivity index (χ2n) is 20.5. The Balaban J connectivity index is 1.32. The number of hydrogen-bond acceptors (Lipinski definition) is 3. The normalized spacial score (nSPS) is 27.7. The summed E-state index contributed by atoms with van der Waals surface area (Å²) in [5, 5.41) is 0. The molecule has 56 heavy (non-hydrogen) atoms. The number of benzene rings is 5. The molecule has 0 radical (unpaired) electrons. The van der Waals surface area contributed by atoms with E-state index in [1.165, 1.54) is 113 Å². The smallest absolute Gasteiger partial charge is 0.252 e. The van der Waals surface area contributed by atoms with Gasteiger partial charge in [0, 0.05) is 45.0 Å². The predicted molar refractivity (Wildman–Crippen MR) is 240 cm³/mol. The lowest BCUT2D eigenvalue weighted by molar-refractivity contribution is 0.194. The second-order valence-corrected chi connectivity index (χ2v) is 20.5. The van der Waals surface area contributed by atoms with Gasteiger partial charge in [-0.1, -0.05) is 120 Å². The zero-order valence-corrected chi connectivity index (χ0v) is 35.2. The molecule has 2 saturated carbocycles. The summed E-state index contributed by atoms with van der Waals surface area (Å²) in [6.07, 6.45) is 10.0. The summed E-state index contributed by atoms with van der Waals surface area (Å²) in [6, 6.07) is 35.4. The van der Waals surface area contributed by atoms with Crippen LogP contribution < -0.4 is 31.1 Å². The number of anilines is 7. The van der Waals surface area contributed by atoms with Crippen molar-refractivity contribution in [3.8, 4) is 0 Å². The first-order valence-corrected chi connectivity index (χ1v) is 21.8. The molecular formula is C52H58BN3. The van der Waals surface area contributed by atoms with Crippen molar-refractivity contribution in [1.82, 2.24) is 0 Å². The first-order valence-electron chi connectivity index (χ1n) is 21.8. The van der Waals surface area contributed by atoms with Gasteiger partial charge in [0.2, 0.25) is 0 Å². The van der Waals surface area contributed by atoms with Crippen LogP contribution in [-0.4, -0.2) is 17.8 Å². The highest BCUT2D eigenvalue weighted by Crippen LogP contribution is 2.66. The van der Waals surface area contributed by atoms with E-state index in [1.807, 2.05) is 0 Å². The zero-order valence-electron chi connectivity index (χ0n) is 35.2. The summed E-state index contributed by atoms with van der Waals surface area (Å²) in [4.78, 5) is 8.41. The highest BCUT2D eigenvalue weighted by atomic mass is 15.3. The fourth-order valence-electron chi connectivity index (χ4n) is 13.5. The van der Waals surface area contributed by atoms with Crippen molar-refractivity contribution in [1.29, 1.82) is 0 Å². The van der Waals surface area contributed by atoms with Crippen LogP contribution in [0.15, 0.2) is 91.0 Å². The SMILES string of the molecule is Cc1cc(C)c2c3c1B1c4cc(C(C)(C)C)cc5c4N(c4cc(N(c6ccccc6)c6ccccc6)cc(c41)N3C1(C)CCCCC21C)C1(C)CCCCC51C. The second kappa shape index (κ2) is 11.1. The van der Waals surface area contributed by atoms with Gasteiger partial charge < -0.3 is 14.7 Å². The molecule has 0 saturated heterocycles. The van der Waals surface area contributed by atoms with Crippen LogP contribution in [0, 0.1) is 13.8 Å². The van der Waals surface area contributed by atoms with E-state index in [2.05, 4.69) is 168 Å². The molecule has 4 atom stereocenters. The third-order valence-corrected chi connectivity index (χ3v) is 16.7. The van der Waals surface area contributed by atoms with Gasteiger partial charge >= 0.3 is 0 Å². The highest BCUT2D eigenvalue weighted by Gasteiger charge is 2.65. The molecule has 5 aromatic carbocycles. The van der Waals surface area contributed by atoms with Crippen LogP contribution in [0.3, 0.4) is 0 Å². The van der Waals surface area contributed by atoms with E-state index in [0.717, 1.165) is 0 Å². The Kier molecular flexibility index (Phi) is 6.92. The van der Waals surface area contributed by atoms with E-state index in [4.69, 9.17) is 0 Å². The van der Waals surface area contributed by atoms with Crippen LogP contribution in [0.25, 0.3) is 0 Å². The van der Waals surface area contributed by atoms with Gasteiger partial charge in [-0.15, -0.1) is 0 Å². The zero-order chi connectivity index (χ0) is 38.7. The minimum Gasteiger partial charge on any atom is -0.335 e. The highest BCUT2D eigenvalue weighted by molar-refractivity contribution is 7.00. The minimum absolute atomic E-state index is 0.0322. The first kappa shape index (κ1) is 34.8. The summed E-state index contributed by atoms with van der Waals surface area (Å²) in [7, 11) is 0. The average molecular weight is 736 g/mol. The maximum Gasteiger partial charge on any atom is 0.252 e. The molecule has 0 spiro atoms. The van der Waals surface area contributed by atoms with Gasteiger partial charge in [-0.3, -0.25) is 0 Å². The van der Waals surface area contributed by atoms with Gasteiger partial charge in [0.15, 0.2) is 0 Å². The van der Waals surface area contributed by atoms with Gasteiger partial charge in [0.25, 0.3) is 6.71 Å². The minimum atomic E-state index is -0.0391. The summed E-state index contributed by atoms with van der Waals surface area (Å²) < 4.78 is 0. The standard InChI is InChI=1S/C52H58BN3/c1-33-28-34(2)44-47-43(33)50(7)25-17-19-27-52(50,9)56(47)42-32-38(54(36-20-12-10-13-21-36)37-22-14-11-15-23-37)31-41-45(42)53(44)40-30-35(48(3,4)5)29-39-46(40)55(41)51(8)26-18-16-24-49(39,51)6/h10-15,20-23,28-32H,16-19,24-27H2,1-9H3. The van der Waals surface area contributed by atoms with Crippen LogP contribution in [-0.2, 0) is 16.2 Å². The molecule has 0 aromatic heterocycles. The van der Waals surface area contributed by atoms with Crippen molar-refractivity contribution in [3.63, 3.8) is 0 Å². The van der Waals surface area contributed by atoms with E-state index >= 15 is 0 Å². The monoisotopic (exact) mass is 735 g/mol. The van der Waals surface area contributed by atoms with Crippen LogP contribution in [0.2, 0.25) is 0 Å². The molecule has 11 rings (SSSR count). The lowest BCUT2D eigenvalue weighted by Crippen LogP contribution is -2.67. The van der Waals surface area contributed by atoms with Gasteiger partial charge in [0.05, 0.1) is 16.8 Å². The molecule has 2 aliphatic carbocycles. The fourth-order valence-corrected chi connectivity index (χ4v) is 13.5. The molecule has 0 amide bonds. The van der Waals surface area contributed by atoms with Gasteiger partial charge in [-0.2, -0.15) is 0 Å². The Morgan fingerprint density at radius 1 is 0.571 bits per heavy atom. The first-order chi connectivity index (χ1) is 26.7. The lowest BCUT2D eigenvalue weighted by Gasteiger charge is -2.55. The maximum absolute atomic E-state index is 2.95. The lowest BCUT2D eigenvalue weighted by atomic mass is 9.32. The van der Waals surface area contributed by atoms with Gasteiger partial charge in [-0.25, -0.2) is 0 Å². The molecule has 4 heteroatoms. The molecular weight excluding hydrogens is 677 g/mol. The number of rotatable bonds is 3. The number of fused-ring (bicyclic) bond motifs is 10. The molecule has 0 bridgehead atoms. The van der Waals surface area contributed by atoms with Crippen LogP contribution >= 0.6 is 0 Å². The predicted octanol–water partition coefficient (Wildman–Crippen LogP) is 11.7. The number of para-hydroxylation sites is 2. The molecule has 5 aromatic rings. The Morgan fingerprint density at radius 3 is 1.70 bits per heavy atom. The molecule has 4 aliphatic heterocycles. The summed E-state index contributed by atoms with van der Waals surface area (Å²) in [6.45, 7) is 22.9. The van der Waals surface area contributed by atoms with Crippen molar-refractivity contribution in [2.24, 2.45) is 0 Å². The topological polar surface area (TPSA) is 9.72 Å². The fraction of sp³-hybridized carbons (Fsp3) is 0.423. The Bertz CT molecular complexity index is 2440. The van der Waals surface area contributed by atoms with E-state index in [0.29, 0.717) is 0 Å². The van der Waals surface area contributed by atoms with Crippen LogP contribution in [0.5, 0.6) is 0 Å². The quantitative estimate of drug-likeness (QED) is 0.171. The Labute approximate surface area is 336 Å². The number of aryl methyl sites for hydroxylation is 2. The molecule has 284 valence electrons. The molecule has 6 aliphatic rings. The van der Waals surface area contributed by atoms with Gasteiger partial charge in [-0.05, 0) is 134 Å².